The van der Waals surface area contributed by atoms with Gasteiger partial charge in [-0.3, -0.25) is 18.5 Å². The number of sulfonamides is 1. The fraction of sp³-hybridized carbons (Fsp3) is 0.200. The van der Waals surface area contributed by atoms with Gasteiger partial charge in [-0.2, -0.15) is 0 Å². The first-order valence-corrected chi connectivity index (χ1v) is 13.1. The van der Waals surface area contributed by atoms with Crippen LogP contribution >= 0.6 is 22.7 Å². The number of rotatable bonds is 7. The van der Waals surface area contributed by atoms with Crippen LogP contribution in [-0.2, 0) is 21.4 Å². The molecule has 0 spiro atoms. The third-order valence-corrected chi connectivity index (χ3v) is 7.59. The number of benzene rings is 1. The number of thiophene rings is 1. The minimum Gasteiger partial charge on any atom is -0.302 e. The molecular weight excluding hydrogens is 470 g/mol. The van der Waals surface area contributed by atoms with E-state index >= 15 is 0 Å². The molecule has 0 atom stereocenters. The van der Waals surface area contributed by atoms with Crippen molar-refractivity contribution in [3.63, 3.8) is 0 Å². The van der Waals surface area contributed by atoms with Crippen LogP contribution in [0.15, 0.2) is 52.2 Å². The first-order chi connectivity index (χ1) is 15.2. The quantitative estimate of drug-likeness (QED) is 0.427. The summed E-state index contributed by atoms with van der Waals surface area (Å²) in [5.74, 6) is -0.256. The first-order valence-electron chi connectivity index (χ1n) is 9.45. The zero-order valence-corrected chi connectivity index (χ0v) is 19.6. The molecule has 0 saturated heterocycles. The van der Waals surface area contributed by atoms with Gasteiger partial charge >= 0.3 is 0 Å². The lowest BCUT2D eigenvalue weighted by molar-refractivity contribution is -0.116. The number of nitrogens with one attached hydrogen (secondary N) is 1. The summed E-state index contributed by atoms with van der Waals surface area (Å²) >= 11 is 2.69. The number of thiazole rings is 1. The van der Waals surface area contributed by atoms with Crippen molar-refractivity contribution in [2.75, 3.05) is 22.9 Å². The lowest BCUT2D eigenvalue weighted by atomic mass is 10.1. The highest BCUT2D eigenvalue weighted by molar-refractivity contribution is 7.92. The van der Waals surface area contributed by atoms with Gasteiger partial charge < -0.3 is 5.32 Å². The zero-order valence-electron chi connectivity index (χ0n) is 17.2. The molecule has 1 aromatic carbocycles. The minimum atomic E-state index is -3.33. The second-order valence-corrected chi connectivity index (χ2v) is 10.8. The van der Waals surface area contributed by atoms with Crippen LogP contribution in [0.5, 0.6) is 0 Å². The number of amides is 1. The fourth-order valence-electron chi connectivity index (χ4n) is 2.95. The maximum atomic E-state index is 12.4. The van der Waals surface area contributed by atoms with E-state index in [1.165, 1.54) is 44.9 Å². The predicted octanol–water partition coefficient (Wildman–Crippen LogP) is 3.01. The number of anilines is 2. The number of hydrogen-bond donors (Lipinski definition) is 1. The normalized spacial score (nSPS) is 11.6. The minimum absolute atomic E-state index is 0.110. The molecule has 0 aliphatic rings. The van der Waals surface area contributed by atoms with Gasteiger partial charge in [0, 0.05) is 31.0 Å². The van der Waals surface area contributed by atoms with Crippen molar-refractivity contribution < 1.29 is 13.2 Å². The van der Waals surface area contributed by atoms with E-state index < -0.39 is 10.0 Å². The molecule has 1 amide bonds. The maximum absolute atomic E-state index is 12.4. The van der Waals surface area contributed by atoms with Gasteiger partial charge in [-0.1, -0.05) is 12.1 Å². The Morgan fingerprint density at radius 3 is 2.66 bits per heavy atom. The molecule has 12 heteroatoms. The van der Waals surface area contributed by atoms with Crippen LogP contribution in [-0.4, -0.2) is 42.2 Å². The molecule has 0 aliphatic carbocycles. The monoisotopic (exact) mass is 489 g/mol. The van der Waals surface area contributed by atoms with E-state index in [0.717, 1.165) is 11.8 Å². The molecule has 0 aliphatic heterocycles. The van der Waals surface area contributed by atoms with Gasteiger partial charge in [-0.25, -0.2) is 18.4 Å². The summed E-state index contributed by atoms with van der Waals surface area (Å²) in [5.41, 5.74) is 1.85. The molecule has 3 heterocycles. The lowest BCUT2D eigenvalue weighted by Crippen LogP contribution is -2.24. The molecule has 0 radical (unpaired) electrons. The lowest BCUT2D eigenvalue weighted by Gasteiger charge is -2.16. The molecule has 1 N–H and O–H groups in total. The van der Waals surface area contributed by atoms with E-state index in [1.807, 2.05) is 10.8 Å². The Hall–Kier alpha value is -3.09. The van der Waals surface area contributed by atoms with Gasteiger partial charge in [0.05, 0.1) is 29.4 Å². The molecule has 166 valence electrons. The molecule has 0 unspecified atom stereocenters. The Kier molecular flexibility index (Phi) is 6.09. The Balaban J connectivity index is 1.39. The van der Waals surface area contributed by atoms with E-state index in [9.17, 15) is 18.0 Å². The summed E-state index contributed by atoms with van der Waals surface area (Å²) in [6.07, 6.45) is 2.71. The predicted molar refractivity (Wildman–Crippen MR) is 128 cm³/mol. The number of aromatic nitrogens is 3. The third kappa shape index (κ3) is 4.71. The summed E-state index contributed by atoms with van der Waals surface area (Å²) in [4.78, 5) is 34.1. The zero-order chi connectivity index (χ0) is 22.9. The summed E-state index contributed by atoms with van der Waals surface area (Å²) in [6, 6.07) is 8.68. The summed E-state index contributed by atoms with van der Waals surface area (Å²) < 4.78 is 25.9. The van der Waals surface area contributed by atoms with Crippen molar-refractivity contribution in [3.8, 4) is 11.3 Å². The van der Waals surface area contributed by atoms with Crippen LogP contribution in [0, 0.1) is 0 Å². The maximum Gasteiger partial charge on any atom is 0.262 e. The van der Waals surface area contributed by atoms with Crippen LogP contribution in [0.4, 0.5) is 10.8 Å². The van der Waals surface area contributed by atoms with E-state index in [4.69, 9.17) is 0 Å². The Morgan fingerprint density at radius 2 is 1.94 bits per heavy atom. The fourth-order valence-corrected chi connectivity index (χ4v) is 4.92. The number of nitrogens with zero attached hydrogens (tertiary/aromatic N) is 4. The van der Waals surface area contributed by atoms with E-state index in [-0.39, 0.29) is 24.4 Å². The molecule has 32 heavy (non-hydrogen) atoms. The molecule has 4 aromatic rings. The van der Waals surface area contributed by atoms with Crippen molar-refractivity contribution in [2.45, 2.75) is 13.0 Å². The standard InChI is InChI=1S/C20H19N5O4S3/c1-24(32(2,28)29)14-5-3-13(4-6-14)16-11-31-20(22-16)23-17(26)7-9-25-12-21-18-15(19(25)27)8-10-30-18/h3-6,8,10-12H,7,9H2,1-2H3,(H,22,23,26). The van der Waals surface area contributed by atoms with Gasteiger partial charge in [-0.15, -0.1) is 22.7 Å². The van der Waals surface area contributed by atoms with Crippen molar-refractivity contribution in [2.24, 2.45) is 0 Å². The van der Waals surface area contributed by atoms with Gasteiger partial charge in [0.2, 0.25) is 15.9 Å². The average Bonchev–Trinajstić information content (AvgIpc) is 3.42. The Bertz CT molecular complexity index is 1440. The van der Waals surface area contributed by atoms with Crippen molar-refractivity contribution in [3.05, 3.63) is 57.8 Å². The highest BCUT2D eigenvalue weighted by Gasteiger charge is 2.13. The van der Waals surface area contributed by atoms with E-state index in [0.29, 0.717) is 26.7 Å². The summed E-state index contributed by atoms with van der Waals surface area (Å²) in [6.45, 7) is 0.219. The SMILES string of the molecule is CN(c1ccc(-c2csc(NC(=O)CCn3cnc4sccc4c3=O)n2)cc1)S(C)(=O)=O. The smallest absolute Gasteiger partial charge is 0.262 e. The summed E-state index contributed by atoms with van der Waals surface area (Å²) in [7, 11) is -1.84. The van der Waals surface area contributed by atoms with Crippen LogP contribution in [0.1, 0.15) is 6.42 Å². The Labute approximate surface area is 192 Å². The van der Waals surface area contributed by atoms with Gasteiger partial charge in [0.1, 0.15) is 4.83 Å². The molecule has 0 saturated carbocycles. The second-order valence-electron chi connectivity index (χ2n) is 7.00. The molecule has 4 rings (SSSR count). The summed E-state index contributed by atoms with van der Waals surface area (Å²) in [5, 5.41) is 7.37. The van der Waals surface area contributed by atoms with Crippen molar-refractivity contribution in [1.82, 2.24) is 14.5 Å². The topological polar surface area (TPSA) is 114 Å². The number of hydrogen-bond acceptors (Lipinski definition) is 8. The van der Waals surface area contributed by atoms with E-state index in [2.05, 4.69) is 15.3 Å². The van der Waals surface area contributed by atoms with Gasteiger partial charge in [0.25, 0.3) is 5.56 Å². The second kappa shape index (κ2) is 8.81. The molecule has 3 aromatic heterocycles. The van der Waals surface area contributed by atoms with Crippen molar-refractivity contribution >= 4 is 59.6 Å². The number of carbonyl (C=O) groups is 1. The van der Waals surface area contributed by atoms with Crippen LogP contribution in [0.2, 0.25) is 0 Å². The van der Waals surface area contributed by atoms with Crippen molar-refractivity contribution in [1.29, 1.82) is 0 Å². The highest BCUT2D eigenvalue weighted by Crippen LogP contribution is 2.27. The molecule has 9 nitrogen and oxygen atoms in total. The van der Waals surface area contributed by atoms with E-state index in [1.54, 1.807) is 30.3 Å². The number of aryl methyl sites for hydroxylation is 1. The van der Waals surface area contributed by atoms with Crippen LogP contribution < -0.4 is 15.2 Å². The Morgan fingerprint density at radius 1 is 1.19 bits per heavy atom. The molecular formula is C20H19N5O4S3. The first kappa shape index (κ1) is 22.1. The average molecular weight is 490 g/mol. The molecule has 0 fully saturated rings. The number of carbonyl (C=O) groups excluding carboxylic acids is 1. The largest absolute Gasteiger partial charge is 0.302 e. The molecule has 0 bridgehead atoms. The highest BCUT2D eigenvalue weighted by atomic mass is 32.2. The van der Waals surface area contributed by atoms with Gasteiger partial charge in [0.15, 0.2) is 5.13 Å². The third-order valence-electron chi connectivity index (χ3n) is 4.80. The van der Waals surface area contributed by atoms with Crippen LogP contribution in [0.3, 0.4) is 0 Å². The number of fused-ring (bicyclic) bond motifs is 1. The van der Waals surface area contributed by atoms with Gasteiger partial charge in [-0.05, 0) is 23.6 Å². The van der Waals surface area contributed by atoms with Crippen LogP contribution in [0.25, 0.3) is 21.5 Å².